The summed E-state index contributed by atoms with van der Waals surface area (Å²) in [5.74, 6) is -1.20. The van der Waals surface area contributed by atoms with Gasteiger partial charge in [0.25, 0.3) is 5.56 Å². The van der Waals surface area contributed by atoms with Crippen molar-refractivity contribution in [3.63, 3.8) is 0 Å². The summed E-state index contributed by atoms with van der Waals surface area (Å²) in [6.45, 7) is 8.06. The Labute approximate surface area is 257 Å². The second-order valence-electron chi connectivity index (χ2n) is 11.9. The van der Waals surface area contributed by atoms with Crippen molar-refractivity contribution in [1.82, 2.24) is 14.8 Å². The third kappa shape index (κ3) is 8.81. The van der Waals surface area contributed by atoms with Crippen LogP contribution >= 0.6 is 0 Å². The molecule has 0 spiro atoms. The number of esters is 1. The summed E-state index contributed by atoms with van der Waals surface area (Å²) < 4.78 is 47.7. The Kier molecular flexibility index (Phi) is 11.6. The molecule has 0 aliphatic carbocycles. The van der Waals surface area contributed by atoms with Crippen LogP contribution in [0.3, 0.4) is 0 Å². The zero-order valence-corrected chi connectivity index (χ0v) is 26.4. The highest BCUT2D eigenvalue weighted by Crippen LogP contribution is 2.33. The predicted molar refractivity (Wildman–Crippen MR) is 165 cm³/mol. The summed E-state index contributed by atoms with van der Waals surface area (Å²) in [5.41, 5.74) is 2.74. The lowest BCUT2D eigenvalue weighted by Crippen LogP contribution is -2.40. The Balaban J connectivity index is 2.08. The molecule has 7 nitrogen and oxygen atoms in total. The first-order valence-corrected chi connectivity index (χ1v) is 14.6. The van der Waals surface area contributed by atoms with Crippen molar-refractivity contribution in [2.45, 2.75) is 65.2 Å². The summed E-state index contributed by atoms with van der Waals surface area (Å²) in [5, 5.41) is 2.92. The second kappa shape index (κ2) is 14.7. The number of ether oxygens (including phenoxy) is 1. The molecule has 1 amide bonds. The monoisotopic (exact) mass is 613 g/mol. The predicted octanol–water partition coefficient (Wildman–Crippen LogP) is 6.26. The average Bonchev–Trinajstić information content (AvgIpc) is 2.94. The number of aromatic nitrogens is 1. The highest BCUT2D eigenvalue weighted by Gasteiger charge is 2.35. The molecule has 0 saturated heterocycles. The fourth-order valence-corrected chi connectivity index (χ4v) is 5.39. The molecule has 10 heteroatoms. The number of likely N-dealkylation sites (N-methyl/N-ethyl adjacent to an activating group) is 1. The summed E-state index contributed by atoms with van der Waals surface area (Å²) >= 11 is 0. The van der Waals surface area contributed by atoms with Crippen molar-refractivity contribution < 1.29 is 27.5 Å². The standard InChI is InChI=1S/C34H42F3N3O4/c1-21(2)16-29(40-20-26(14-15-39(5)6)27(18-30(40)41)34(35,36)37)33(43)38-28(19-31(42)44-7)24-12-9-13-25(17-24)32-22(3)10-8-11-23(32)4/h8-13,17-18,20-21,28-29H,14-16,19H2,1-7H3,(H,38,43). The Bertz CT molecular complexity index is 1510. The summed E-state index contributed by atoms with van der Waals surface area (Å²) in [6, 6.07) is 12.1. The molecule has 3 aromatic rings. The van der Waals surface area contributed by atoms with Gasteiger partial charge < -0.3 is 19.5 Å². The molecule has 0 aliphatic rings. The third-order valence-corrected chi connectivity index (χ3v) is 7.60. The molecule has 0 bridgehead atoms. The highest BCUT2D eigenvalue weighted by molar-refractivity contribution is 5.82. The fourth-order valence-electron chi connectivity index (χ4n) is 5.39. The number of hydrogen-bond donors (Lipinski definition) is 1. The van der Waals surface area contributed by atoms with Gasteiger partial charge in [-0.25, -0.2) is 0 Å². The van der Waals surface area contributed by atoms with E-state index < -0.39 is 41.3 Å². The lowest BCUT2D eigenvalue weighted by Gasteiger charge is -2.26. The zero-order valence-electron chi connectivity index (χ0n) is 26.4. The van der Waals surface area contributed by atoms with Gasteiger partial charge in [-0.15, -0.1) is 0 Å². The molecule has 3 rings (SSSR count). The molecular weight excluding hydrogens is 571 g/mol. The Morgan fingerprint density at radius 3 is 2.23 bits per heavy atom. The number of methoxy groups -OCH3 is 1. The molecule has 2 unspecified atom stereocenters. The van der Waals surface area contributed by atoms with Gasteiger partial charge >= 0.3 is 12.1 Å². The number of nitrogens with one attached hydrogen (secondary N) is 1. The number of hydrogen-bond acceptors (Lipinski definition) is 5. The van der Waals surface area contributed by atoms with Crippen LogP contribution in [0.15, 0.2) is 59.5 Å². The molecule has 0 fully saturated rings. The van der Waals surface area contributed by atoms with E-state index >= 15 is 0 Å². The van der Waals surface area contributed by atoms with E-state index in [0.29, 0.717) is 18.2 Å². The van der Waals surface area contributed by atoms with Crippen molar-refractivity contribution in [3.8, 4) is 11.1 Å². The van der Waals surface area contributed by atoms with Crippen LogP contribution in [0.25, 0.3) is 11.1 Å². The van der Waals surface area contributed by atoms with Gasteiger partial charge in [0, 0.05) is 18.8 Å². The zero-order chi connectivity index (χ0) is 32.8. The Hall–Kier alpha value is -3.92. The number of aryl methyl sites for hydroxylation is 2. The lowest BCUT2D eigenvalue weighted by atomic mass is 9.92. The molecule has 0 saturated carbocycles. The maximum absolute atomic E-state index is 14.0. The van der Waals surface area contributed by atoms with E-state index in [1.807, 2.05) is 64.1 Å². The molecule has 1 N–H and O–H groups in total. The fraction of sp³-hybridized carbons (Fsp3) is 0.441. The SMILES string of the molecule is COC(=O)CC(NC(=O)C(CC(C)C)n1cc(CCN(C)C)c(C(F)(F)F)cc1=O)c1cccc(-c2c(C)cccc2C)c1. The molecule has 44 heavy (non-hydrogen) atoms. The molecule has 1 heterocycles. The summed E-state index contributed by atoms with van der Waals surface area (Å²) in [4.78, 5) is 41.3. The third-order valence-electron chi connectivity index (χ3n) is 7.60. The van der Waals surface area contributed by atoms with Crippen LogP contribution in [0.5, 0.6) is 0 Å². The van der Waals surface area contributed by atoms with Crippen LogP contribution in [-0.2, 0) is 26.9 Å². The quantitative estimate of drug-likeness (QED) is 0.244. The van der Waals surface area contributed by atoms with E-state index in [4.69, 9.17) is 4.74 Å². The van der Waals surface area contributed by atoms with Gasteiger partial charge in [0.2, 0.25) is 5.91 Å². The van der Waals surface area contributed by atoms with E-state index in [1.165, 1.54) is 7.11 Å². The van der Waals surface area contributed by atoms with Crippen LogP contribution < -0.4 is 10.9 Å². The van der Waals surface area contributed by atoms with Crippen molar-refractivity contribution in [3.05, 3.63) is 92.9 Å². The minimum Gasteiger partial charge on any atom is -0.469 e. The minimum absolute atomic E-state index is 0.0359. The number of alkyl halides is 3. The Morgan fingerprint density at radius 2 is 1.66 bits per heavy atom. The maximum atomic E-state index is 14.0. The second-order valence-corrected chi connectivity index (χ2v) is 11.9. The van der Waals surface area contributed by atoms with Crippen LogP contribution in [0, 0.1) is 19.8 Å². The van der Waals surface area contributed by atoms with Crippen LogP contribution in [-0.4, -0.2) is 49.1 Å². The number of rotatable bonds is 12. The largest absolute Gasteiger partial charge is 0.469 e. The summed E-state index contributed by atoms with van der Waals surface area (Å²) in [7, 11) is 4.75. The average molecular weight is 614 g/mol. The van der Waals surface area contributed by atoms with Crippen molar-refractivity contribution in [2.75, 3.05) is 27.7 Å². The number of halogens is 3. The first-order chi connectivity index (χ1) is 20.6. The van der Waals surface area contributed by atoms with Gasteiger partial charge in [-0.1, -0.05) is 50.2 Å². The molecule has 0 radical (unpaired) electrons. The first kappa shape index (κ1) is 34.6. The molecular formula is C34H42F3N3O4. The molecule has 2 atom stereocenters. The maximum Gasteiger partial charge on any atom is 0.416 e. The van der Waals surface area contributed by atoms with Crippen LogP contribution in [0.2, 0.25) is 0 Å². The van der Waals surface area contributed by atoms with E-state index in [9.17, 15) is 27.6 Å². The normalized spacial score (nSPS) is 13.2. The van der Waals surface area contributed by atoms with E-state index in [-0.39, 0.29) is 30.7 Å². The number of nitrogens with zero attached hydrogens (tertiary/aromatic N) is 2. The molecule has 238 valence electrons. The van der Waals surface area contributed by atoms with Gasteiger partial charge in [-0.2, -0.15) is 13.2 Å². The van der Waals surface area contributed by atoms with Gasteiger partial charge in [0.1, 0.15) is 6.04 Å². The smallest absolute Gasteiger partial charge is 0.416 e. The summed E-state index contributed by atoms with van der Waals surface area (Å²) in [6.07, 6.45) is -3.51. The topological polar surface area (TPSA) is 80.6 Å². The van der Waals surface area contributed by atoms with Gasteiger partial charge in [-0.05, 0) is 86.1 Å². The van der Waals surface area contributed by atoms with Gasteiger partial charge in [-0.3, -0.25) is 14.4 Å². The van der Waals surface area contributed by atoms with Crippen molar-refractivity contribution >= 4 is 11.9 Å². The van der Waals surface area contributed by atoms with Gasteiger partial charge in [0.15, 0.2) is 0 Å². The minimum atomic E-state index is -4.72. The van der Waals surface area contributed by atoms with E-state index in [1.54, 1.807) is 25.1 Å². The van der Waals surface area contributed by atoms with Gasteiger partial charge in [0.05, 0.1) is 25.1 Å². The molecule has 0 aliphatic heterocycles. The number of carbonyl (C=O) groups is 2. The lowest BCUT2D eigenvalue weighted by molar-refractivity contribution is -0.141. The number of benzene rings is 2. The highest BCUT2D eigenvalue weighted by atomic mass is 19.4. The van der Waals surface area contributed by atoms with E-state index in [0.717, 1.165) is 33.0 Å². The Morgan fingerprint density at radius 1 is 1.02 bits per heavy atom. The number of carbonyl (C=O) groups excluding carboxylic acids is 2. The van der Waals surface area contributed by atoms with E-state index in [2.05, 4.69) is 5.32 Å². The first-order valence-electron chi connectivity index (χ1n) is 14.6. The van der Waals surface area contributed by atoms with Crippen molar-refractivity contribution in [1.29, 1.82) is 0 Å². The molecule has 1 aromatic heterocycles. The van der Waals surface area contributed by atoms with Crippen LogP contribution in [0.1, 0.15) is 66.6 Å². The molecule has 2 aromatic carbocycles. The number of pyridine rings is 1. The van der Waals surface area contributed by atoms with Crippen LogP contribution in [0.4, 0.5) is 13.2 Å². The van der Waals surface area contributed by atoms with Crippen molar-refractivity contribution in [2.24, 2.45) is 5.92 Å². The number of amides is 1.